The van der Waals surface area contributed by atoms with Crippen LogP contribution in [0, 0.1) is 0 Å². The molecule has 18 heavy (non-hydrogen) atoms. The van der Waals surface area contributed by atoms with E-state index in [2.05, 4.69) is 11.9 Å². The van der Waals surface area contributed by atoms with Crippen molar-refractivity contribution in [3.05, 3.63) is 30.6 Å². The van der Waals surface area contributed by atoms with Crippen LogP contribution >= 0.6 is 0 Å². The Bertz CT molecular complexity index is 248. The van der Waals surface area contributed by atoms with Crippen molar-refractivity contribution in [3.63, 3.8) is 0 Å². The quantitative estimate of drug-likeness (QED) is 0.666. The summed E-state index contributed by atoms with van der Waals surface area (Å²) >= 11 is 0. The van der Waals surface area contributed by atoms with Gasteiger partial charge in [0, 0.05) is 18.1 Å². The van der Waals surface area contributed by atoms with Crippen molar-refractivity contribution >= 4 is 5.97 Å². The van der Waals surface area contributed by atoms with Crippen molar-refractivity contribution in [2.45, 2.75) is 58.3 Å². The number of unbranched alkanes of at least 4 members (excludes halogenated alkanes) is 6. The maximum atomic E-state index is 10.0. The zero-order valence-corrected chi connectivity index (χ0v) is 11.4. The normalized spacial score (nSPS) is 9.39. The molecule has 0 atom stereocenters. The SMILES string of the molecule is CCCCCCCCCC(=O)[O-].c1cc[nH+]cc1. The second-order valence-corrected chi connectivity index (χ2v) is 4.32. The van der Waals surface area contributed by atoms with E-state index in [-0.39, 0.29) is 6.42 Å². The number of aromatic amines is 1. The van der Waals surface area contributed by atoms with E-state index in [1.54, 1.807) is 0 Å². The summed E-state index contributed by atoms with van der Waals surface area (Å²) in [7, 11) is 0. The molecule has 0 saturated heterocycles. The first kappa shape index (κ1) is 16.6. The molecule has 0 aliphatic heterocycles. The van der Waals surface area contributed by atoms with E-state index in [0.29, 0.717) is 0 Å². The van der Waals surface area contributed by atoms with E-state index < -0.39 is 5.97 Å². The highest BCUT2D eigenvalue weighted by atomic mass is 16.4. The molecule has 0 aromatic carbocycles. The average Bonchev–Trinajstić information content (AvgIpc) is 2.40. The molecule has 1 aromatic heterocycles. The number of carboxylic acids is 1. The van der Waals surface area contributed by atoms with Gasteiger partial charge < -0.3 is 9.90 Å². The maximum Gasteiger partial charge on any atom is 0.166 e. The first-order valence-electron chi connectivity index (χ1n) is 6.88. The van der Waals surface area contributed by atoms with Gasteiger partial charge in [0.15, 0.2) is 12.4 Å². The predicted molar refractivity (Wildman–Crippen MR) is 70.6 cm³/mol. The van der Waals surface area contributed by atoms with E-state index in [1.165, 1.54) is 32.1 Å². The van der Waals surface area contributed by atoms with Crippen LogP contribution < -0.4 is 10.1 Å². The van der Waals surface area contributed by atoms with Crippen LogP contribution in [0.3, 0.4) is 0 Å². The molecule has 3 heteroatoms. The number of carbonyl (C=O) groups is 1. The lowest BCUT2D eigenvalue weighted by Gasteiger charge is -2.01. The van der Waals surface area contributed by atoms with Gasteiger partial charge in [-0.15, -0.1) is 0 Å². The molecule has 1 rings (SSSR count). The van der Waals surface area contributed by atoms with E-state index in [4.69, 9.17) is 0 Å². The highest BCUT2D eigenvalue weighted by Crippen LogP contribution is 2.07. The molecule has 1 N–H and O–H groups in total. The molecule has 1 heterocycles. The first-order chi connectivity index (χ1) is 8.77. The lowest BCUT2D eigenvalue weighted by Crippen LogP contribution is -2.21. The third-order valence-corrected chi connectivity index (χ3v) is 2.59. The van der Waals surface area contributed by atoms with E-state index in [1.807, 2.05) is 30.6 Å². The largest absolute Gasteiger partial charge is 0.550 e. The van der Waals surface area contributed by atoms with Crippen molar-refractivity contribution in [3.8, 4) is 0 Å². The Labute approximate surface area is 110 Å². The fourth-order valence-electron chi connectivity index (χ4n) is 1.57. The maximum absolute atomic E-state index is 10.0. The lowest BCUT2D eigenvalue weighted by atomic mass is 10.1. The Morgan fingerprint density at radius 1 is 0.944 bits per heavy atom. The number of nitrogens with one attached hydrogen (secondary N) is 1. The van der Waals surface area contributed by atoms with Crippen LogP contribution in [-0.4, -0.2) is 5.97 Å². The molecule has 0 spiro atoms. The minimum atomic E-state index is -0.913. The van der Waals surface area contributed by atoms with Gasteiger partial charge in [0.05, 0.1) is 0 Å². The van der Waals surface area contributed by atoms with Crippen molar-refractivity contribution < 1.29 is 14.9 Å². The first-order valence-corrected chi connectivity index (χ1v) is 6.88. The summed E-state index contributed by atoms with van der Waals surface area (Å²) in [4.78, 5) is 12.9. The minimum Gasteiger partial charge on any atom is -0.550 e. The van der Waals surface area contributed by atoms with Gasteiger partial charge in [-0.3, -0.25) is 0 Å². The van der Waals surface area contributed by atoms with E-state index in [0.717, 1.165) is 12.8 Å². The van der Waals surface area contributed by atoms with Crippen molar-refractivity contribution in [2.24, 2.45) is 0 Å². The van der Waals surface area contributed by atoms with Gasteiger partial charge in [0.1, 0.15) is 0 Å². The summed E-state index contributed by atoms with van der Waals surface area (Å²) in [5, 5.41) is 10.0. The monoisotopic (exact) mass is 251 g/mol. The average molecular weight is 251 g/mol. The van der Waals surface area contributed by atoms with Crippen molar-refractivity contribution in [1.29, 1.82) is 0 Å². The second-order valence-electron chi connectivity index (χ2n) is 4.32. The molecular weight excluding hydrogens is 226 g/mol. The van der Waals surface area contributed by atoms with Crippen molar-refractivity contribution in [1.82, 2.24) is 0 Å². The number of aliphatic carboxylic acids is 1. The topological polar surface area (TPSA) is 54.3 Å². The van der Waals surface area contributed by atoms with Gasteiger partial charge >= 0.3 is 0 Å². The van der Waals surface area contributed by atoms with Gasteiger partial charge in [0.25, 0.3) is 0 Å². The fourth-order valence-corrected chi connectivity index (χ4v) is 1.57. The van der Waals surface area contributed by atoms with Crippen LogP contribution in [0.2, 0.25) is 0 Å². The molecule has 1 aromatic rings. The Morgan fingerprint density at radius 2 is 1.50 bits per heavy atom. The van der Waals surface area contributed by atoms with Gasteiger partial charge in [0.2, 0.25) is 0 Å². The molecule has 0 amide bonds. The summed E-state index contributed by atoms with van der Waals surface area (Å²) in [5.41, 5.74) is 0. The molecule has 0 unspecified atom stereocenters. The zero-order valence-electron chi connectivity index (χ0n) is 11.4. The minimum absolute atomic E-state index is 0.230. The summed E-state index contributed by atoms with van der Waals surface area (Å²) < 4.78 is 0. The lowest BCUT2D eigenvalue weighted by molar-refractivity contribution is -0.378. The molecular formula is C15H25NO2. The Balaban J connectivity index is 0.000000397. The summed E-state index contributed by atoms with van der Waals surface area (Å²) in [6.45, 7) is 2.19. The zero-order chi connectivity index (χ0) is 13.5. The number of carbonyl (C=O) groups excluding carboxylic acids is 1. The van der Waals surface area contributed by atoms with Crippen molar-refractivity contribution in [2.75, 3.05) is 0 Å². The predicted octanol–water partition coefficient (Wildman–Crippen LogP) is 2.38. The number of pyridine rings is 1. The summed E-state index contributed by atoms with van der Waals surface area (Å²) in [6.07, 6.45) is 12.1. The number of hydrogen-bond donors (Lipinski definition) is 0. The number of rotatable bonds is 8. The molecule has 0 fully saturated rings. The fraction of sp³-hybridized carbons (Fsp3) is 0.600. The standard InChI is InChI=1S/C10H20O2.C5H5N/c1-2-3-4-5-6-7-8-9-10(11)12;1-2-4-6-5-3-1/h2-9H2,1H3,(H,11,12);1-5H. The number of aromatic nitrogens is 1. The number of H-pyrrole nitrogens is 1. The molecule has 102 valence electrons. The van der Waals surface area contributed by atoms with E-state index >= 15 is 0 Å². The smallest absolute Gasteiger partial charge is 0.166 e. The Hall–Kier alpha value is -1.38. The van der Waals surface area contributed by atoms with Crippen LogP contribution in [0.4, 0.5) is 0 Å². The number of carboxylic acid groups (broad SMARTS) is 1. The Morgan fingerprint density at radius 3 is 1.89 bits per heavy atom. The highest BCUT2D eigenvalue weighted by Gasteiger charge is 1.90. The van der Waals surface area contributed by atoms with Gasteiger partial charge in [-0.05, 0) is 12.8 Å². The van der Waals surface area contributed by atoms with Gasteiger partial charge in [-0.25, -0.2) is 4.98 Å². The highest BCUT2D eigenvalue weighted by molar-refractivity contribution is 5.63. The third kappa shape index (κ3) is 14.6. The Kier molecular flexibility index (Phi) is 12.6. The summed E-state index contributed by atoms with van der Waals surface area (Å²) in [5.74, 6) is -0.913. The third-order valence-electron chi connectivity index (χ3n) is 2.59. The molecule has 0 saturated carbocycles. The number of hydrogen-bond acceptors (Lipinski definition) is 2. The molecule has 3 nitrogen and oxygen atoms in total. The van der Waals surface area contributed by atoms with Crippen LogP contribution in [0.15, 0.2) is 30.6 Å². The second kappa shape index (κ2) is 13.7. The summed E-state index contributed by atoms with van der Waals surface area (Å²) in [6, 6.07) is 5.86. The molecule has 0 radical (unpaired) electrons. The molecule has 0 bridgehead atoms. The van der Waals surface area contributed by atoms with Crippen LogP contribution in [0.5, 0.6) is 0 Å². The van der Waals surface area contributed by atoms with Crippen LogP contribution in [0.25, 0.3) is 0 Å². The van der Waals surface area contributed by atoms with Crippen LogP contribution in [0.1, 0.15) is 58.3 Å². The molecule has 0 aliphatic carbocycles. The molecule has 0 aliphatic rings. The van der Waals surface area contributed by atoms with E-state index in [9.17, 15) is 9.90 Å². The van der Waals surface area contributed by atoms with Gasteiger partial charge in [-0.1, -0.05) is 51.5 Å². The van der Waals surface area contributed by atoms with Gasteiger partial charge in [-0.2, -0.15) is 0 Å². The van der Waals surface area contributed by atoms with Crippen LogP contribution in [-0.2, 0) is 4.79 Å².